The Hall–Kier alpha value is -0.370. The van der Waals surface area contributed by atoms with Crippen LogP contribution in [-0.2, 0) is 4.79 Å². The normalized spacial score (nSPS) is 51.8. The fraction of sp³-hybridized carbons (Fsp3) is 0.958. The molecular formula is C24H40O2. The van der Waals surface area contributed by atoms with Crippen LogP contribution in [0.2, 0.25) is 0 Å². The van der Waals surface area contributed by atoms with Crippen molar-refractivity contribution in [3.63, 3.8) is 0 Å². The van der Waals surface area contributed by atoms with Gasteiger partial charge in [0, 0.05) is 6.42 Å². The van der Waals surface area contributed by atoms with Gasteiger partial charge in [0.15, 0.2) is 0 Å². The lowest BCUT2D eigenvalue weighted by Crippen LogP contribution is -2.54. The topological polar surface area (TPSA) is 37.3 Å². The molecule has 0 aromatic rings. The third-order valence-corrected chi connectivity index (χ3v) is 10.1. The molecule has 0 heterocycles. The number of aliphatic hydroxyl groups is 1. The summed E-state index contributed by atoms with van der Waals surface area (Å²) in [5.41, 5.74) is 1.01. The molecule has 148 valence electrons. The zero-order valence-electron chi connectivity index (χ0n) is 17.3. The summed E-state index contributed by atoms with van der Waals surface area (Å²) in [6, 6.07) is 0. The Kier molecular flexibility index (Phi) is 5.04. The highest BCUT2D eigenvalue weighted by atomic mass is 16.3. The number of aldehydes is 1. The molecule has 0 aromatic carbocycles. The molecule has 9 atom stereocenters. The van der Waals surface area contributed by atoms with E-state index in [4.69, 9.17) is 0 Å². The minimum atomic E-state index is -0.0342. The Bertz CT molecular complexity index is 530. The first-order valence-corrected chi connectivity index (χ1v) is 11.5. The maximum Gasteiger partial charge on any atom is 0.120 e. The van der Waals surface area contributed by atoms with Crippen molar-refractivity contribution in [2.45, 2.75) is 97.5 Å². The second-order valence-electron chi connectivity index (χ2n) is 11.0. The van der Waals surface area contributed by atoms with Gasteiger partial charge in [-0.25, -0.2) is 0 Å². The summed E-state index contributed by atoms with van der Waals surface area (Å²) < 4.78 is 0. The van der Waals surface area contributed by atoms with Gasteiger partial charge in [0.25, 0.3) is 0 Å². The first-order valence-electron chi connectivity index (χ1n) is 11.5. The Morgan fingerprint density at radius 2 is 1.73 bits per heavy atom. The Labute approximate surface area is 160 Å². The van der Waals surface area contributed by atoms with E-state index in [1.807, 2.05) is 0 Å². The quantitative estimate of drug-likeness (QED) is 0.661. The van der Waals surface area contributed by atoms with Crippen LogP contribution < -0.4 is 0 Å². The van der Waals surface area contributed by atoms with Gasteiger partial charge < -0.3 is 9.90 Å². The van der Waals surface area contributed by atoms with Crippen molar-refractivity contribution >= 4 is 6.29 Å². The fourth-order valence-corrected chi connectivity index (χ4v) is 8.74. The molecule has 1 N–H and O–H groups in total. The van der Waals surface area contributed by atoms with Crippen LogP contribution >= 0.6 is 0 Å². The summed E-state index contributed by atoms with van der Waals surface area (Å²) in [5, 5.41) is 10.2. The number of rotatable bonds is 4. The van der Waals surface area contributed by atoms with E-state index in [0.29, 0.717) is 16.7 Å². The molecule has 0 radical (unpaired) electrons. The van der Waals surface area contributed by atoms with E-state index in [-0.39, 0.29) is 6.10 Å². The molecule has 1 unspecified atom stereocenters. The van der Waals surface area contributed by atoms with Crippen molar-refractivity contribution in [3.05, 3.63) is 0 Å². The van der Waals surface area contributed by atoms with E-state index in [1.54, 1.807) is 0 Å². The molecule has 2 heteroatoms. The van der Waals surface area contributed by atoms with Gasteiger partial charge in [-0.3, -0.25) is 0 Å². The molecule has 4 aliphatic rings. The number of aliphatic hydroxyl groups excluding tert-OH is 1. The molecule has 0 spiro atoms. The van der Waals surface area contributed by atoms with Crippen molar-refractivity contribution in [3.8, 4) is 0 Å². The molecule has 2 nitrogen and oxygen atoms in total. The number of carbonyl (C=O) groups is 1. The SMILES string of the molecule is C[C@H](CCC=O)[C@H]1CC[C@H]2[C@@H]3CCC4C[C@H](O)CC[C@]4(C)[C@H]3CC[C@]12C. The van der Waals surface area contributed by atoms with Crippen LogP contribution in [0.1, 0.15) is 91.4 Å². The number of fused-ring (bicyclic) bond motifs is 5. The van der Waals surface area contributed by atoms with Crippen LogP contribution in [-0.4, -0.2) is 17.5 Å². The number of hydrogen-bond acceptors (Lipinski definition) is 2. The Balaban J connectivity index is 1.53. The summed E-state index contributed by atoms with van der Waals surface area (Å²) in [5.74, 6) is 5.02. The molecular weight excluding hydrogens is 320 g/mol. The van der Waals surface area contributed by atoms with Gasteiger partial charge in [0.2, 0.25) is 0 Å². The van der Waals surface area contributed by atoms with Gasteiger partial charge in [0.05, 0.1) is 6.10 Å². The Morgan fingerprint density at radius 1 is 1.00 bits per heavy atom. The highest BCUT2D eigenvalue weighted by Crippen LogP contribution is 2.68. The third kappa shape index (κ3) is 2.81. The minimum Gasteiger partial charge on any atom is -0.393 e. The van der Waals surface area contributed by atoms with E-state index < -0.39 is 0 Å². The predicted octanol–water partition coefficient (Wildman–Crippen LogP) is 5.62. The van der Waals surface area contributed by atoms with E-state index >= 15 is 0 Å². The van der Waals surface area contributed by atoms with Crippen LogP contribution in [0.15, 0.2) is 0 Å². The summed E-state index contributed by atoms with van der Waals surface area (Å²) in [6.45, 7) is 7.61. The maximum atomic E-state index is 10.8. The van der Waals surface area contributed by atoms with Crippen molar-refractivity contribution < 1.29 is 9.90 Å². The van der Waals surface area contributed by atoms with Crippen LogP contribution in [0.4, 0.5) is 0 Å². The lowest BCUT2D eigenvalue weighted by molar-refractivity contribution is -0.129. The largest absolute Gasteiger partial charge is 0.393 e. The molecule has 26 heavy (non-hydrogen) atoms. The van der Waals surface area contributed by atoms with Gasteiger partial charge >= 0.3 is 0 Å². The second-order valence-corrected chi connectivity index (χ2v) is 11.0. The summed E-state index contributed by atoms with van der Waals surface area (Å²) in [7, 11) is 0. The minimum absolute atomic E-state index is 0.0342. The van der Waals surface area contributed by atoms with Crippen molar-refractivity contribution in [2.24, 2.45) is 46.3 Å². The van der Waals surface area contributed by atoms with E-state index in [0.717, 1.165) is 61.6 Å². The van der Waals surface area contributed by atoms with Crippen LogP contribution in [0.3, 0.4) is 0 Å². The monoisotopic (exact) mass is 360 g/mol. The van der Waals surface area contributed by atoms with Crippen molar-refractivity contribution in [2.75, 3.05) is 0 Å². The van der Waals surface area contributed by atoms with E-state index in [2.05, 4.69) is 20.8 Å². The average molecular weight is 361 g/mol. The van der Waals surface area contributed by atoms with Crippen molar-refractivity contribution in [1.29, 1.82) is 0 Å². The van der Waals surface area contributed by atoms with E-state index in [1.165, 1.54) is 44.9 Å². The number of carbonyl (C=O) groups excluding carboxylic acids is 1. The molecule has 4 aliphatic carbocycles. The Morgan fingerprint density at radius 3 is 2.50 bits per heavy atom. The van der Waals surface area contributed by atoms with E-state index in [9.17, 15) is 9.90 Å². The maximum absolute atomic E-state index is 10.8. The predicted molar refractivity (Wildman–Crippen MR) is 106 cm³/mol. The average Bonchev–Trinajstić information content (AvgIpc) is 2.97. The zero-order chi connectivity index (χ0) is 18.5. The molecule has 4 saturated carbocycles. The molecule has 4 fully saturated rings. The molecule has 4 rings (SSSR count). The molecule has 0 amide bonds. The summed E-state index contributed by atoms with van der Waals surface area (Å²) >= 11 is 0. The second kappa shape index (κ2) is 6.90. The van der Waals surface area contributed by atoms with Gasteiger partial charge in [0.1, 0.15) is 6.29 Å². The lowest BCUT2D eigenvalue weighted by atomic mass is 9.44. The number of hydrogen-bond donors (Lipinski definition) is 1. The standard InChI is InChI=1S/C24H40O2/c1-16(5-4-14-25)20-8-9-21-19-7-6-17-15-18(26)10-12-23(17,2)22(19)11-13-24(20,21)3/h14,16-22,26H,4-13,15H2,1-3H3/t16-,17?,18-,19+,20-,21+,22+,23+,24-/m1/s1. The molecule has 0 aliphatic heterocycles. The highest BCUT2D eigenvalue weighted by molar-refractivity contribution is 5.49. The van der Waals surface area contributed by atoms with Crippen LogP contribution in [0.5, 0.6) is 0 Å². The lowest BCUT2D eigenvalue weighted by Gasteiger charge is -2.61. The smallest absolute Gasteiger partial charge is 0.120 e. The first kappa shape index (κ1) is 19.0. The zero-order valence-corrected chi connectivity index (χ0v) is 17.3. The van der Waals surface area contributed by atoms with Gasteiger partial charge in [-0.1, -0.05) is 20.8 Å². The van der Waals surface area contributed by atoms with Crippen LogP contribution in [0.25, 0.3) is 0 Å². The molecule has 0 aromatic heterocycles. The fourth-order valence-electron chi connectivity index (χ4n) is 8.74. The highest BCUT2D eigenvalue weighted by Gasteiger charge is 2.60. The first-order chi connectivity index (χ1) is 12.4. The summed E-state index contributed by atoms with van der Waals surface area (Å²) in [6.07, 6.45) is 14.7. The molecule has 0 bridgehead atoms. The van der Waals surface area contributed by atoms with Gasteiger partial charge in [-0.2, -0.15) is 0 Å². The van der Waals surface area contributed by atoms with Crippen molar-refractivity contribution in [1.82, 2.24) is 0 Å². The summed E-state index contributed by atoms with van der Waals surface area (Å²) in [4.78, 5) is 10.8. The third-order valence-electron chi connectivity index (χ3n) is 10.1. The van der Waals surface area contributed by atoms with Gasteiger partial charge in [-0.15, -0.1) is 0 Å². The van der Waals surface area contributed by atoms with Gasteiger partial charge in [-0.05, 0) is 111 Å². The van der Waals surface area contributed by atoms with Crippen LogP contribution in [0, 0.1) is 46.3 Å². The molecule has 0 saturated heterocycles.